The van der Waals surface area contributed by atoms with Crippen LogP contribution in [0.3, 0.4) is 0 Å². The van der Waals surface area contributed by atoms with Crippen LogP contribution in [-0.2, 0) is 11.3 Å². The summed E-state index contributed by atoms with van der Waals surface area (Å²) in [6.07, 6.45) is 6.48. The van der Waals surface area contributed by atoms with Crippen LogP contribution >= 0.6 is 0 Å². The quantitative estimate of drug-likeness (QED) is 0.734. The summed E-state index contributed by atoms with van der Waals surface area (Å²) in [5, 5.41) is 10.8. The van der Waals surface area contributed by atoms with Gasteiger partial charge in [-0.25, -0.2) is 9.67 Å². The van der Waals surface area contributed by atoms with E-state index in [-0.39, 0.29) is 5.91 Å². The average Bonchev–Trinajstić information content (AvgIpc) is 3.03. The predicted octanol–water partition coefficient (Wildman–Crippen LogP) is 2.68. The van der Waals surface area contributed by atoms with Crippen LogP contribution in [-0.4, -0.2) is 25.9 Å². The maximum Gasteiger partial charge on any atom is 0.249 e. The number of aryl methyl sites for hydroxylation is 1. The lowest BCUT2D eigenvalue weighted by molar-refractivity contribution is -0.111. The molecule has 0 spiro atoms. The number of hydrogen-bond donors (Lipinski definition) is 1. The zero-order chi connectivity index (χ0) is 16.8. The van der Waals surface area contributed by atoms with Crippen molar-refractivity contribution in [2.24, 2.45) is 0 Å². The lowest BCUT2D eigenvalue weighted by Crippen LogP contribution is -2.10. The van der Waals surface area contributed by atoms with Crippen LogP contribution in [0.15, 0.2) is 60.9 Å². The zero-order valence-electron chi connectivity index (χ0n) is 13.3. The largest absolute Gasteiger partial charge is 0.307 e. The maximum atomic E-state index is 11.9. The van der Waals surface area contributed by atoms with Gasteiger partial charge in [-0.1, -0.05) is 41.6 Å². The number of aromatic nitrogens is 4. The molecule has 3 aromatic rings. The topological polar surface area (TPSA) is 72.7 Å². The van der Waals surface area contributed by atoms with Crippen LogP contribution in [0.5, 0.6) is 0 Å². The number of anilines is 1. The molecule has 1 N–H and O–H groups in total. The highest BCUT2D eigenvalue weighted by molar-refractivity contribution is 6.01. The Kier molecular flexibility index (Phi) is 4.76. The Morgan fingerprint density at radius 2 is 2.04 bits per heavy atom. The van der Waals surface area contributed by atoms with Crippen molar-refractivity contribution >= 4 is 17.8 Å². The fourth-order valence-electron chi connectivity index (χ4n) is 2.17. The summed E-state index contributed by atoms with van der Waals surface area (Å²) < 4.78 is 1.73. The molecule has 0 bridgehead atoms. The SMILES string of the molecule is Cc1cccnc1NC(=O)/C=C/c1cn(Cc2ccccc2)nn1. The minimum absolute atomic E-state index is 0.255. The number of rotatable bonds is 5. The van der Waals surface area contributed by atoms with Crippen LogP contribution in [0.25, 0.3) is 6.08 Å². The second-order valence-electron chi connectivity index (χ2n) is 5.32. The average molecular weight is 319 g/mol. The molecule has 0 saturated heterocycles. The molecule has 3 rings (SSSR count). The summed E-state index contributed by atoms with van der Waals surface area (Å²) in [6, 6.07) is 13.7. The molecule has 0 atom stereocenters. The molecule has 0 aliphatic rings. The van der Waals surface area contributed by atoms with E-state index in [0.717, 1.165) is 11.1 Å². The van der Waals surface area contributed by atoms with Crippen molar-refractivity contribution in [1.29, 1.82) is 0 Å². The molecule has 0 unspecified atom stereocenters. The van der Waals surface area contributed by atoms with E-state index in [0.29, 0.717) is 18.1 Å². The van der Waals surface area contributed by atoms with Gasteiger partial charge in [-0.3, -0.25) is 4.79 Å². The third-order valence-corrected chi connectivity index (χ3v) is 3.40. The molecule has 0 aliphatic carbocycles. The molecule has 6 heteroatoms. The normalized spacial score (nSPS) is 10.9. The summed E-state index contributed by atoms with van der Waals surface area (Å²) in [5.74, 6) is 0.300. The Morgan fingerprint density at radius 3 is 2.83 bits per heavy atom. The lowest BCUT2D eigenvalue weighted by atomic mass is 10.2. The maximum absolute atomic E-state index is 11.9. The second kappa shape index (κ2) is 7.32. The number of nitrogens with one attached hydrogen (secondary N) is 1. The van der Waals surface area contributed by atoms with E-state index < -0.39 is 0 Å². The molecule has 1 aromatic carbocycles. The van der Waals surface area contributed by atoms with Gasteiger partial charge < -0.3 is 5.32 Å². The van der Waals surface area contributed by atoms with Gasteiger partial charge in [0.1, 0.15) is 11.5 Å². The Balaban J connectivity index is 1.61. The Labute approximate surface area is 139 Å². The van der Waals surface area contributed by atoms with Crippen molar-refractivity contribution in [2.45, 2.75) is 13.5 Å². The molecular formula is C18H17N5O. The molecule has 2 heterocycles. The van der Waals surface area contributed by atoms with Gasteiger partial charge in [-0.05, 0) is 30.2 Å². The fourth-order valence-corrected chi connectivity index (χ4v) is 2.17. The first kappa shape index (κ1) is 15.6. The van der Waals surface area contributed by atoms with E-state index in [2.05, 4.69) is 20.6 Å². The third-order valence-electron chi connectivity index (χ3n) is 3.40. The van der Waals surface area contributed by atoms with Gasteiger partial charge in [0.25, 0.3) is 0 Å². The van der Waals surface area contributed by atoms with Crippen molar-refractivity contribution in [3.63, 3.8) is 0 Å². The van der Waals surface area contributed by atoms with E-state index in [1.54, 1.807) is 23.2 Å². The molecule has 24 heavy (non-hydrogen) atoms. The molecule has 6 nitrogen and oxygen atoms in total. The highest BCUT2D eigenvalue weighted by Crippen LogP contribution is 2.09. The van der Waals surface area contributed by atoms with Crippen LogP contribution < -0.4 is 5.32 Å². The number of amides is 1. The standard InChI is InChI=1S/C18H17N5O/c1-14-6-5-11-19-18(14)20-17(24)10-9-16-13-23(22-21-16)12-15-7-3-2-4-8-15/h2-11,13H,12H2,1H3,(H,19,20,24)/b10-9+. The number of pyridine rings is 1. The van der Waals surface area contributed by atoms with Gasteiger partial charge in [0, 0.05) is 12.3 Å². The Hall–Kier alpha value is -3.28. The first-order valence-electron chi connectivity index (χ1n) is 7.55. The zero-order valence-corrected chi connectivity index (χ0v) is 13.3. The van der Waals surface area contributed by atoms with Crippen LogP contribution in [0.2, 0.25) is 0 Å². The number of nitrogens with zero attached hydrogens (tertiary/aromatic N) is 4. The van der Waals surface area contributed by atoms with Gasteiger partial charge in [0.05, 0.1) is 12.7 Å². The molecule has 1 amide bonds. The molecule has 120 valence electrons. The van der Waals surface area contributed by atoms with Crippen molar-refractivity contribution in [2.75, 3.05) is 5.32 Å². The van der Waals surface area contributed by atoms with Crippen LogP contribution in [0.1, 0.15) is 16.8 Å². The van der Waals surface area contributed by atoms with Crippen molar-refractivity contribution < 1.29 is 4.79 Å². The van der Waals surface area contributed by atoms with Crippen LogP contribution in [0.4, 0.5) is 5.82 Å². The highest BCUT2D eigenvalue weighted by atomic mass is 16.1. The molecule has 0 radical (unpaired) electrons. The number of hydrogen-bond acceptors (Lipinski definition) is 4. The van der Waals surface area contributed by atoms with Gasteiger partial charge >= 0.3 is 0 Å². The van der Waals surface area contributed by atoms with Gasteiger partial charge in [0.15, 0.2) is 0 Å². The second-order valence-corrected chi connectivity index (χ2v) is 5.32. The fraction of sp³-hybridized carbons (Fsp3) is 0.111. The monoisotopic (exact) mass is 319 g/mol. The number of benzene rings is 1. The van der Waals surface area contributed by atoms with E-state index in [9.17, 15) is 4.79 Å². The molecule has 0 fully saturated rings. The van der Waals surface area contributed by atoms with Gasteiger partial charge in [-0.2, -0.15) is 0 Å². The first-order chi connectivity index (χ1) is 11.7. The van der Waals surface area contributed by atoms with Crippen molar-refractivity contribution in [1.82, 2.24) is 20.0 Å². The van der Waals surface area contributed by atoms with E-state index in [1.807, 2.05) is 49.4 Å². The van der Waals surface area contributed by atoms with Crippen molar-refractivity contribution in [3.05, 3.63) is 77.8 Å². The van der Waals surface area contributed by atoms with Gasteiger partial charge in [-0.15, -0.1) is 5.10 Å². The molecule has 0 saturated carbocycles. The van der Waals surface area contributed by atoms with Crippen LogP contribution in [0, 0.1) is 6.92 Å². The lowest BCUT2D eigenvalue weighted by Gasteiger charge is -2.03. The highest BCUT2D eigenvalue weighted by Gasteiger charge is 2.03. The van der Waals surface area contributed by atoms with Crippen molar-refractivity contribution in [3.8, 4) is 0 Å². The summed E-state index contributed by atoms with van der Waals surface area (Å²) >= 11 is 0. The van der Waals surface area contributed by atoms with E-state index in [4.69, 9.17) is 0 Å². The molecule has 0 aliphatic heterocycles. The third kappa shape index (κ3) is 4.13. The molecule has 2 aromatic heterocycles. The number of carbonyl (C=O) groups excluding carboxylic acids is 1. The first-order valence-corrected chi connectivity index (χ1v) is 7.55. The van der Waals surface area contributed by atoms with E-state index in [1.165, 1.54) is 6.08 Å². The predicted molar refractivity (Wildman–Crippen MR) is 92.2 cm³/mol. The summed E-state index contributed by atoms with van der Waals surface area (Å²) in [6.45, 7) is 2.53. The number of carbonyl (C=O) groups is 1. The van der Waals surface area contributed by atoms with E-state index >= 15 is 0 Å². The Morgan fingerprint density at radius 1 is 1.21 bits per heavy atom. The minimum Gasteiger partial charge on any atom is -0.307 e. The summed E-state index contributed by atoms with van der Waals surface area (Å²) in [5.41, 5.74) is 2.67. The minimum atomic E-state index is -0.255. The van der Waals surface area contributed by atoms with Gasteiger partial charge in [0.2, 0.25) is 5.91 Å². The Bertz CT molecular complexity index is 855. The summed E-state index contributed by atoms with van der Waals surface area (Å²) in [7, 11) is 0. The smallest absolute Gasteiger partial charge is 0.249 e. The summed E-state index contributed by atoms with van der Waals surface area (Å²) in [4.78, 5) is 16.1. The molecular weight excluding hydrogens is 302 g/mol.